The Hall–Kier alpha value is -1.60. The van der Waals surface area contributed by atoms with E-state index in [4.69, 9.17) is 28.3 Å². The molecule has 1 aliphatic rings. The van der Waals surface area contributed by atoms with E-state index >= 15 is 0 Å². The second-order valence-corrected chi connectivity index (χ2v) is 10.5. The summed E-state index contributed by atoms with van der Waals surface area (Å²) in [6.07, 6.45) is -0.897. The summed E-state index contributed by atoms with van der Waals surface area (Å²) in [5.74, 6) is -2.53. The number of aromatic carboxylic acids is 1. The SMILES string of the molecule is CCOC(=O)NC1CS(=O)(=O)CC1NS(=O)(=O)c1cc(C(=O)O)c(Cl)cc1Cl. The third kappa shape index (κ3) is 5.26. The lowest BCUT2D eigenvalue weighted by molar-refractivity contribution is 0.0696. The van der Waals surface area contributed by atoms with Gasteiger partial charge in [-0.15, -0.1) is 0 Å². The van der Waals surface area contributed by atoms with Crippen LogP contribution in [-0.2, 0) is 24.6 Å². The maximum absolute atomic E-state index is 12.7. The highest BCUT2D eigenvalue weighted by Crippen LogP contribution is 2.29. The number of halogens is 2. The highest BCUT2D eigenvalue weighted by Gasteiger charge is 2.41. The Morgan fingerprint density at radius 3 is 2.39 bits per heavy atom. The molecule has 0 aliphatic carbocycles. The van der Waals surface area contributed by atoms with E-state index in [1.165, 1.54) is 0 Å². The average molecular weight is 475 g/mol. The standard InChI is InChI=1S/C14H16Cl2N2O8S2/c1-2-26-14(21)17-10-5-27(22,23)6-11(10)18-28(24,25)12-3-7(13(19)20)8(15)4-9(12)16/h3-4,10-11,18H,2,5-6H2,1H3,(H,17,21)(H,19,20). The quantitative estimate of drug-likeness (QED) is 0.548. The molecule has 28 heavy (non-hydrogen) atoms. The van der Waals surface area contributed by atoms with Gasteiger partial charge in [0.25, 0.3) is 0 Å². The van der Waals surface area contributed by atoms with Crippen LogP contribution in [0.5, 0.6) is 0 Å². The number of carboxylic acid groups (broad SMARTS) is 1. The first-order valence-corrected chi connectivity index (χ1v) is 11.8. The number of hydrogen-bond acceptors (Lipinski definition) is 7. The zero-order chi connectivity index (χ0) is 21.3. The zero-order valence-corrected chi connectivity index (χ0v) is 17.5. The molecule has 1 saturated heterocycles. The number of hydrogen-bond donors (Lipinski definition) is 3. The second-order valence-electron chi connectivity index (χ2n) is 5.84. The third-order valence-corrected chi connectivity index (χ3v) is 7.78. The molecule has 14 heteroatoms. The normalized spacial score (nSPS) is 21.2. The average Bonchev–Trinajstić information content (AvgIpc) is 2.79. The van der Waals surface area contributed by atoms with E-state index in [9.17, 15) is 26.4 Å². The smallest absolute Gasteiger partial charge is 0.407 e. The van der Waals surface area contributed by atoms with Gasteiger partial charge in [-0.05, 0) is 19.1 Å². The van der Waals surface area contributed by atoms with Crippen LogP contribution in [0.25, 0.3) is 0 Å². The summed E-state index contributed by atoms with van der Waals surface area (Å²) in [6, 6.07) is -0.559. The fraction of sp³-hybridized carbons (Fsp3) is 0.429. The van der Waals surface area contributed by atoms with Crippen LogP contribution in [0, 0.1) is 0 Å². The van der Waals surface area contributed by atoms with E-state index in [1.54, 1.807) is 6.92 Å². The van der Waals surface area contributed by atoms with Crippen molar-refractivity contribution in [2.24, 2.45) is 0 Å². The summed E-state index contributed by atoms with van der Waals surface area (Å²) in [7, 11) is -8.08. The fourth-order valence-electron chi connectivity index (χ4n) is 2.59. The van der Waals surface area contributed by atoms with E-state index < -0.39 is 66.0 Å². The number of rotatable bonds is 6. The Kier molecular flexibility index (Phi) is 6.82. The number of sulfone groups is 1. The Bertz CT molecular complexity index is 1010. The first kappa shape index (κ1) is 22.7. The number of benzene rings is 1. The molecule has 1 amide bonds. The molecule has 0 aromatic heterocycles. The van der Waals surface area contributed by atoms with Crippen LogP contribution < -0.4 is 10.0 Å². The van der Waals surface area contributed by atoms with Crippen molar-refractivity contribution < 1.29 is 36.3 Å². The second kappa shape index (κ2) is 8.41. The lowest BCUT2D eigenvalue weighted by Gasteiger charge is -2.21. The summed E-state index contributed by atoms with van der Waals surface area (Å²) in [5, 5.41) is 10.8. The molecular weight excluding hydrogens is 459 g/mol. The molecule has 0 radical (unpaired) electrons. The summed E-state index contributed by atoms with van der Waals surface area (Å²) in [5.41, 5.74) is -0.494. The number of alkyl carbamates (subject to hydrolysis) is 1. The number of ether oxygens (including phenoxy) is 1. The number of sulfonamides is 1. The molecule has 156 valence electrons. The van der Waals surface area contributed by atoms with Gasteiger partial charge in [-0.1, -0.05) is 23.2 Å². The topological polar surface area (TPSA) is 156 Å². The van der Waals surface area contributed by atoms with Crippen molar-refractivity contribution >= 4 is 55.1 Å². The van der Waals surface area contributed by atoms with Gasteiger partial charge in [-0.25, -0.2) is 31.1 Å². The molecule has 2 rings (SSSR count). The Balaban J connectivity index is 2.35. The first-order chi connectivity index (χ1) is 12.9. The number of carboxylic acids is 1. The van der Waals surface area contributed by atoms with Crippen LogP contribution in [0.4, 0.5) is 4.79 Å². The van der Waals surface area contributed by atoms with E-state index in [1.807, 2.05) is 0 Å². The summed E-state index contributed by atoms with van der Waals surface area (Å²) >= 11 is 11.6. The summed E-state index contributed by atoms with van der Waals surface area (Å²) in [6.45, 7) is 1.59. The molecule has 1 aliphatic heterocycles. The van der Waals surface area contributed by atoms with Crippen LogP contribution >= 0.6 is 23.2 Å². The highest BCUT2D eigenvalue weighted by molar-refractivity contribution is 7.92. The molecule has 10 nitrogen and oxygen atoms in total. The lowest BCUT2D eigenvalue weighted by atomic mass is 10.2. The Morgan fingerprint density at radius 1 is 1.21 bits per heavy atom. The van der Waals surface area contributed by atoms with Crippen molar-refractivity contribution in [1.82, 2.24) is 10.0 Å². The molecule has 0 bridgehead atoms. The number of nitrogens with one attached hydrogen (secondary N) is 2. The fourth-order valence-corrected chi connectivity index (χ4v) is 6.69. The zero-order valence-electron chi connectivity index (χ0n) is 14.3. The maximum Gasteiger partial charge on any atom is 0.407 e. The van der Waals surface area contributed by atoms with Crippen molar-refractivity contribution in [1.29, 1.82) is 0 Å². The summed E-state index contributed by atoms with van der Waals surface area (Å²) < 4.78 is 56.1. The van der Waals surface area contributed by atoms with Crippen molar-refractivity contribution in [3.63, 3.8) is 0 Å². The third-order valence-electron chi connectivity index (χ3n) is 3.78. The van der Waals surface area contributed by atoms with Crippen molar-refractivity contribution in [3.8, 4) is 0 Å². The number of carbonyl (C=O) groups excluding carboxylic acids is 1. The molecular formula is C14H16Cl2N2O8S2. The van der Waals surface area contributed by atoms with Crippen molar-refractivity contribution in [3.05, 3.63) is 27.7 Å². The van der Waals surface area contributed by atoms with Crippen LogP contribution in [-0.4, -0.2) is 64.2 Å². The Morgan fingerprint density at radius 2 is 1.82 bits per heavy atom. The minimum atomic E-state index is -4.44. The van der Waals surface area contributed by atoms with Gasteiger partial charge in [-0.2, -0.15) is 0 Å². The number of carbonyl (C=O) groups is 2. The Labute approximate surface area is 171 Å². The largest absolute Gasteiger partial charge is 0.478 e. The van der Waals surface area contributed by atoms with Gasteiger partial charge in [0, 0.05) is 0 Å². The molecule has 1 heterocycles. The van der Waals surface area contributed by atoms with Gasteiger partial charge in [0.1, 0.15) is 4.90 Å². The molecule has 1 aromatic carbocycles. The van der Waals surface area contributed by atoms with E-state index in [0.29, 0.717) is 0 Å². The van der Waals surface area contributed by atoms with Crippen LogP contribution in [0.1, 0.15) is 17.3 Å². The van der Waals surface area contributed by atoms with Crippen molar-refractivity contribution in [2.45, 2.75) is 23.9 Å². The van der Waals surface area contributed by atoms with Gasteiger partial charge < -0.3 is 15.2 Å². The minimum absolute atomic E-state index is 0.0417. The van der Waals surface area contributed by atoms with E-state index in [2.05, 4.69) is 14.8 Å². The highest BCUT2D eigenvalue weighted by atomic mass is 35.5. The maximum atomic E-state index is 12.7. The lowest BCUT2D eigenvalue weighted by Crippen LogP contribution is -2.51. The molecule has 3 N–H and O–H groups in total. The van der Waals surface area contributed by atoms with Crippen LogP contribution in [0.2, 0.25) is 10.0 Å². The molecule has 2 unspecified atom stereocenters. The first-order valence-electron chi connectivity index (χ1n) is 7.74. The molecule has 2 atom stereocenters. The van der Waals surface area contributed by atoms with E-state index in [-0.39, 0.29) is 16.7 Å². The predicted molar refractivity (Wildman–Crippen MR) is 100 cm³/mol. The molecule has 1 aromatic rings. The van der Waals surface area contributed by atoms with Gasteiger partial charge in [0.05, 0.1) is 45.8 Å². The minimum Gasteiger partial charge on any atom is -0.478 e. The van der Waals surface area contributed by atoms with Crippen molar-refractivity contribution in [2.75, 3.05) is 18.1 Å². The monoisotopic (exact) mass is 474 g/mol. The van der Waals surface area contributed by atoms with Gasteiger partial charge in [0.2, 0.25) is 10.0 Å². The van der Waals surface area contributed by atoms with Gasteiger partial charge >= 0.3 is 12.1 Å². The van der Waals surface area contributed by atoms with Gasteiger partial charge in [0.15, 0.2) is 9.84 Å². The van der Waals surface area contributed by atoms with E-state index in [0.717, 1.165) is 12.1 Å². The summed E-state index contributed by atoms with van der Waals surface area (Å²) in [4.78, 5) is 22.2. The van der Waals surface area contributed by atoms with Crippen LogP contribution in [0.15, 0.2) is 17.0 Å². The molecule has 0 saturated carbocycles. The predicted octanol–water partition coefficient (Wildman–Crippen LogP) is 0.882. The molecule has 1 fully saturated rings. The van der Waals surface area contributed by atoms with Crippen LogP contribution in [0.3, 0.4) is 0 Å². The molecule has 0 spiro atoms. The number of amides is 1. The van der Waals surface area contributed by atoms with Gasteiger partial charge in [-0.3, -0.25) is 0 Å².